The SMILES string of the molecule is COc1cc(C2(C(=O)O)CCC2)cc(C)n1. The second-order valence-corrected chi connectivity index (χ2v) is 4.28. The fraction of sp³-hybridized carbons (Fsp3) is 0.500. The van der Waals surface area contributed by atoms with Gasteiger partial charge in [-0.05, 0) is 31.4 Å². The van der Waals surface area contributed by atoms with E-state index in [2.05, 4.69) is 4.98 Å². The molecule has 1 fully saturated rings. The average molecular weight is 221 g/mol. The van der Waals surface area contributed by atoms with Crippen molar-refractivity contribution in [2.45, 2.75) is 31.6 Å². The van der Waals surface area contributed by atoms with E-state index in [0.717, 1.165) is 17.7 Å². The van der Waals surface area contributed by atoms with Gasteiger partial charge in [0.25, 0.3) is 0 Å². The molecule has 1 saturated carbocycles. The van der Waals surface area contributed by atoms with Crippen molar-refractivity contribution in [3.05, 3.63) is 23.4 Å². The van der Waals surface area contributed by atoms with Crippen LogP contribution in [0.3, 0.4) is 0 Å². The fourth-order valence-corrected chi connectivity index (χ4v) is 2.18. The summed E-state index contributed by atoms with van der Waals surface area (Å²) in [6.07, 6.45) is 2.37. The Morgan fingerprint density at radius 3 is 2.62 bits per heavy atom. The molecule has 0 bridgehead atoms. The van der Waals surface area contributed by atoms with Gasteiger partial charge in [0.05, 0.1) is 12.5 Å². The molecule has 1 aliphatic carbocycles. The quantitative estimate of drug-likeness (QED) is 0.846. The van der Waals surface area contributed by atoms with Crippen LogP contribution < -0.4 is 4.74 Å². The number of nitrogens with zero attached hydrogens (tertiary/aromatic N) is 1. The Labute approximate surface area is 94.3 Å². The number of aromatic nitrogens is 1. The number of hydrogen-bond acceptors (Lipinski definition) is 3. The highest BCUT2D eigenvalue weighted by atomic mass is 16.5. The van der Waals surface area contributed by atoms with Gasteiger partial charge < -0.3 is 9.84 Å². The highest BCUT2D eigenvalue weighted by Gasteiger charge is 2.46. The van der Waals surface area contributed by atoms with Gasteiger partial charge in [-0.15, -0.1) is 0 Å². The van der Waals surface area contributed by atoms with Crippen molar-refractivity contribution < 1.29 is 14.6 Å². The molecule has 0 amide bonds. The molecule has 4 heteroatoms. The van der Waals surface area contributed by atoms with E-state index < -0.39 is 11.4 Å². The molecule has 0 aliphatic heterocycles. The molecule has 0 radical (unpaired) electrons. The molecule has 0 saturated heterocycles. The van der Waals surface area contributed by atoms with Crippen molar-refractivity contribution in [2.24, 2.45) is 0 Å². The van der Waals surface area contributed by atoms with Crippen LogP contribution in [-0.2, 0) is 10.2 Å². The number of methoxy groups -OCH3 is 1. The molecular weight excluding hydrogens is 206 g/mol. The maximum absolute atomic E-state index is 11.4. The third-order valence-corrected chi connectivity index (χ3v) is 3.31. The molecule has 1 aliphatic rings. The second-order valence-electron chi connectivity index (χ2n) is 4.28. The van der Waals surface area contributed by atoms with Crippen LogP contribution in [0, 0.1) is 6.92 Å². The Hall–Kier alpha value is -1.58. The minimum absolute atomic E-state index is 0.488. The Bertz CT molecular complexity index is 424. The molecule has 4 nitrogen and oxygen atoms in total. The lowest BCUT2D eigenvalue weighted by atomic mass is 9.64. The van der Waals surface area contributed by atoms with Gasteiger partial charge in [0.15, 0.2) is 0 Å². The predicted octanol–water partition coefficient (Wildman–Crippen LogP) is 1.90. The maximum Gasteiger partial charge on any atom is 0.314 e. The van der Waals surface area contributed by atoms with Crippen LogP contribution in [0.1, 0.15) is 30.5 Å². The molecule has 1 aromatic rings. The van der Waals surface area contributed by atoms with Crippen molar-refractivity contribution >= 4 is 5.97 Å². The van der Waals surface area contributed by atoms with Crippen LogP contribution >= 0.6 is 0 Å². The molecule has 1 heterocycles. The number of aliphatic carboxylic acids is 1. The zero-order valence-electron chi connectivity index (χ0n) is 9.49. The Balaban J connectivity index is 2.46. The van der Waals surface area contributed by atoms with E-state index in [1.807, 2.05) is 13.0 Å². The maximum atomic E-state index is 11.4. The van der Waals surface area contributed by atoms with Gasteiger partial charge in [-0.2, -0.15) is 0 Å². The van der Waals surface area contributed by atoms with Crippen molar-refractivity contribution in [2.75, 3.05) is 7.11 Å². The second kappa shape index (κ2) is 3.77. The van der Waals surface area contributed by atoms with Crippen LogP contribution in [0.2, 0.25) is 0 Å². The Morgan fingerprint density at radius 2 is 2.19 bits per heavy atom. The van der Waals surface area contributed by atoms with Gasteiger partial charge in [0.1, 0.15) is 0 Å². The van der Waals surface area contributed by atoms with Crippen LogP contribution in [0.25, 0.3) is 0 Å². The summed E-state index contributed by atoms with van der Waals surface area (Å²) < 4.78 is 5.08. The highest BCUT2D eigenvalue weighted by molar-refractivity contribution is 5.82. The van der Waals surface area contributed by atoms with E-state index in [-0.39, 0.29) is 0 Å². The molecule has 0 aromatic carbocycles. The number of rotatable bonds is 3. The topological polar surface area (TPSA) is 59.4 Å². The van der Waals surface area contributed by atoms with E-state index in [1.165, 1.54) is 0 Å². The van der Waals surface area contributed by atoms with Crippen molar-refractivity contribution in [1.82, 2.24) is 4.98 Å². The van der Waals surface area contributed by atoms with Gasteiger partial charge >= 0.3 is 5.97 Å². The number of carbonyl (C=O) groups is 1. The fourth-order valence-electron chi connectivity index (χ4n) is 2.18. The summed E-state index contributed by atoms with van der Waals surface area (Å²) in [5.74, 6) is -0.256. The zero-order chi connectivity index (χ0) is 11.8. The molecular formula is C12H15NO3. The summed E-state index contributed by atoms with van der Waals surface area (Å²) in [4.78, 5) is 15.5. The summed E-state index contributed by atoms with van der Waals surface area (Å²) in [6, 6.07) is 3.58. The number of pyridine rings is 1. The molecule has 0 unspecified atom stereocenters. The lowest BCUT2D eigenvalue weighted by Gasteiger charge is -2.38. The third kappa shape index (κ3) is 1.54. The normalized spacial score (nSPS) is 17.6. The molecule has 0 atom stereocenters. The lowest BCUT2D eigenvalue weighted by Crippen LogP contribution is -2.42. The third-order valence-electron chi connectivity index (χ3n) is 3.31. The zero-order valence-corrected chi connectivity index (χ0v) is 9.49. The Morgan fingerprint density at radius 1 is 1.50 bits per heavy atom. The standard InChI is InChI=1S/C12H15NO3/c1-8-6-9(7-10(13-8)16-2)12(11(14)15)4-3-5-12/h6-7H,3-5H2,1-2H3,(H,14,15). The number of ether oxygens (including phenoxy) is 1. The van der Waals surface area contributed by atoms with Gasteiger partial charge in [0.2, 0.25) is 5.88 Å². The largest absolute Gasteiger partial charge is 0.481 e. The van der Waals surface area contributed by atoms with Crippen molar-refractivity contribution in [1.29, 1.82) is 0 Å². The van der Waals surface area contributed by atoms with E-state index >= 15 is 0 Å². The number of carboxylic acids is 1. The number of carboxylic acid groups (broad SMARTS) is 1. The Kier molecular flexibility index (Phi) is 2.58. The minimum atomic E-state index is -0.744. The molecule has 2 rings (SSSR count). The molecule has 1 N–H and O–H groups in total. The summed E-state index contributed by atoms with van der Waals surface area (Å²) in [5.41, 5.74) is 0.901. The van der Waals surface area contributed by atoms with Crippen molar-refractivity contribution in [3.8, 4) is 5.88 Å². The van der Waals surface area contributed by atoms with Gasteiger partial charge in [0, 0.05) is 11.8 Å². The van der Waals surface area contributed by atoms with Gasteiger partial charge in [-0.25, -0.2) is 4.98 Å². The molecule has 1 aromatic heterocycles. The first kappa shape index (κ1) is 10.9. The van der Waals surface area contributed by atoms with E-state index in [1.54, 1.807) is 13.2 Å². The van der Waals surface area contributed by atoms with Crippen LogP contribution in [-0.4, -0.2) is 23.2 Å². The van der Waals surface area contributed by atoms with Crippen molar-refractivity contribution in [3.63, 3.8) is 0 Å². The van der Waals surface area contributed by atoms with Gasteiger partial charge in [-0.3, -0.25) is 4.79 Å². The summed E-state index contributed by atoms with van der Waals surface area (Å²) in [6.45, 7) is 1.85. The van der Waals surface area contributed by atoms with E-state index in [0.29, 0.717) is 18.7 Å². The smallest absolute Gasteiger partial charge is 0.314 e. The predicted molar refractivity (Wildman–Crippen MR) is 58.7 cm³/mol. The van der Waals surface area contributed by atoms with Gasteiger partial charge in [-0.1, -0.05) is 6.42 Å². The van der Waals surface area contributed by atoms with Crippen LogP contribution in [0.4, 0.5) is 0 Å². The minimum Gasteiger partial charge on any atom is -0.481 e. The first-order valence-corrected chi connectivity index (χ1v) is 5.35. The molecule has 16 heavy (non-hydrogen) atoms. The van der Waals surface area contributed by atoms with E-state index in [4.69, 9.17) is 4.74 Å². The van der Waals surface area contributed by atoms with Crippen LogP contribution in [0.15, 0.2) is 12.1 Å². The van der Waals surface area contributed by atoms with Crippen LogP contribution in [0.5, 0.6) is 5.88 Å². The first-order valence-electron chi connectivity index (χ1n) is 5.35. The average Bonchev–Trinajstić information content (AvgIpc) is 2.14. The van der Waals surface area contributed by atoms with E-state index in [9.17, 15) is 9.90 Å². The summed E-state index contributed by atoms with van der Waals surface area (Å²) >= 11 is 0. The molecule has 86 valence electrons. The monoisotopic (exact) mass is 221 g/mol. The summed E-state index contributed by atoms with van der Waals surface area (Å²) in [5, 5.41) is 9.33. The number of hydrogen-bond donors (Lipinski definition) is 1. The highest BCUT2D eigenvalue weighted by Crippen LogP contribution is 2.44. The number of aryl methyl sites for hydroxylation is 1. The first-order chi connectivity index (χ1) is 7.58. The summed E-state index contributed by atoms with van der Waals surface area (Å²) in [7, 11) is 1.54. The lowest BCUT2D eigenvalue weighted by molar-refractivity contribution is -0.147. The molecule has 0 spiro atoms.